The molecule has 2 heterocycles. The summed E-state index contributed by atoms with van der Waals surface area (Å²) < 4.78 is 2.33. The van der Waals surface area contributed by atoms with Gasteiger partial charge in [0.1, 0.15) is 11.6 Å². The number of nitrogens with zero attached hydrogens (tertiary/aromatic N) is 4. The highest BCUT2D eigenvalue weighted by Crippen LogP contribution is 2.16. The average Bonchev–Trinajstić information content (AvgIpc) is 2.95. The van der Waals surface area contributed by atoms with Gasteiger partial charge in [0.2, 0.25) is 0 Å². The number of benzene rings is 1. The van der Waals surface area contributed by atoms with E-state index in [1.165, 1.54) is 30.0 Å². The number of aromatic nitrogens is 3. The second-order valence-electron chi connectivity index (χ2n) is 6.95. The van der Waals surface area contributed by atoms with Crippen molar-refractivity contribution in [2.75, 3.05) is 25.4 Å². The number of fused-ring (bicyclic) bond motifs is 1. The summed E-state index contributed by atoms with van der Waals surface area (Å²) in [6.07, 6.45) is 6.79. The Morgan fingerprint density at radius 1 is 1.14 bits per heavy atom. The summed E-state index contributed by atoms with van der Waals surface area (Å²) >= 11 is 1.86. The fourth-order valence-electron chi connectivity index (χ4n) is 3.36. The first-order chi connectivity index (χ1) is 13.9. The molecule has 0 spiro atoms. The number of hydrogen-bond donors (Lipinski definition) is 2. The molecule has 1 aromatic carbocycles. The Morgan fingerprint density at radius 3 is 2.89 bits per heavy atom. The quantitative estimate of drug-likeness (QED) is 0.293. The lowest BCUT2D eigenvalue weighted by Crippen LogP contribution is -2.38. The van der Waals surface area contributed by atoms with E-state index in [4.69, 9.17) is 4.99 Å². The predicted octanol–water partition coefficient (Wildman–Crippen LogP) is 3.28. The summed E-state index contributed by atoms with van der Waals surface area (Å²) in [6, 6.07) is 10.5. The zero-order chi connectivity index (χ0) is 19.4. The number of hydrogen-bond acceptors (Lipinski definition) is 4. The van der Waals surface area contributed by atoms with Crippen molar-refractivity contribution in [2.45, 2.75) is 56.9 Å². The van der Waals surface area contributed by atoms with E-state index in [0.29, 0.717) is 0 Å². The summed E-state index contributed by atoms with van der Waals surface area (Å²) in [5.41, 5.74) is 0. The standard InChI is InChI=1S/C21H32N6S/c1-2-22-21(24-15-17-28-18-10-5-3-6-11-18)23-14-9-13-20-26-25-19-12-7-4-8-16-27(19)20/h3,5-6,10-11H,2,4,7-9,12-17H2,1H3,(H2,22,23,24). The molecule has 152 valence electrons. The number of aryl methyl sites for hydroxylation is 2. The van der Waals surface area contributed by atoms with Crippen LogP contribution in [0.1, 0.15) is 44.3 Å². The third-order valence-electron chi connectivity index (χ3n) is 4.77. The normalized spacial score (nSPS) is 14.4. The van der Waals surface area contributed by atoms with Gasteiger partial charge in [0.25, 0.3) is 0 Å². The van der Waals surface area contributed by atoms with Crippen molar-refractivity contribution in [3.8, 4) is 0 Å². The Balaban J connectivity index is 1.40. The molecule has 0 saturated heterocycles. The molecule has 0 saturated carbocycles. The molecule has 0 fully saturated rings. The van der Waals surface area contributed by atoms with Gasteiger partial charge in [-0.05, 0) is 38.3 Å². The van der Waals surface area contributed by atoms with Crippen LogP contribution in [0.25, 0.3) is 0 Å². The van der Waals surface area contributed by atoms with Gasteiger partial charge in [-0.25, -0.2) is 0 Å². The molecule has 0 atom stereocenters. The largest absolute Gasteiger partial charge is 0.357 e. The Bertz CT molecular complexity index is 728. The fraction of sp³-hybridized carbons (Fsp3) is 0.571. The molecule has 2 N–H and O–H groups in total. The molecule has 6 nitrogen and oxygen atoms in total. The van der Waals surface area contributed by atoms with Crippen molar-refractivity contribution >= 4 is 17.7 Å². The molecule has 3 rings (SSSR count). The smallest absolute Gasteiger partial charge is 0.191 e. The minimum Gasteiger partial charge on any atom is -0.357 e. The van der Waals surface area contributed by atoms with Crippen LogP contribution in [0.15, 0.2) is 40.2 Å². The predicted molar refractivity (Wildman–Crippen MR) is 117 cm³/mol. The van der Waals surface area contributed by atoms with Gasteiger partial charge in [0.05, 0.1) is 0 Å². The lowest BCUT2D eigenvalue weighted by Gasteiger charge is -2.11. The van der Waals surface area contributed by atoms with Gasteiger partial charge in [-0.2, -0.15) is 0 Å². The van der Waals surface area contributed by atoms with Crippen molar-refractivity contribution in [1.29, 1.82) is 0 Å². The second kappa shape index (κ2) is 11.7. The molecule has 0 radical (unpaired) electrons. The number of rotatable bonds is 9. The van der Waals surface area contributed by atoms with Crippen molar-refractivity contribution in [3.05, 3.63) is 42.0 Å². The maximum Gasteiger partial charge on any atom is 0.191 e. The molecule has 28 heavy (non-hydrogen) atoms. The van der Waals surface area contributed by atoms with Crippen LogP contribution < -0.4 is 10.6 Å². The first kappa shape index (κ1) is 20.7. The van der Waals surface area contributed by atoms with Gasteiger partial charge in [-0.1, -0.05) is 24.6 Å². The third kappa shape index (κ3) is 6.55. The minimum absolute atomic E-state index is 0.795. The maximum atomic E-state index is 4.72. The molecule has 1 aliphatic heterocycles. The summed E-state index contributed by atoms with van der Waals surface area (Å²) in [4.78, 5) is 6.02. The Kier molecular flexibility index (Phi) is 8.68. The van der Waals surface area contributed by atoms with Crippen molar-refractivity contribution in [3.63, 3.8) is 0 Å². The van der Waals surface area contributed by atoms with Gasteiger partial charge in [-0.3, -0.25) is 4.99 Å². The van der Waals surface area contributed by atoms with Crippen molar-refractivity contribution in [2.24, 2.45) is 4.99 Å². The van der Waals surface area contributed by atoms with Crippen LogP contribution in [0.5, 0.6) is 0 Å². The van der Waals surface area contributed by atoms with Crippen LogP contribution >= 0.6 is 11.8 Å². The number of nitrogens with one attached hydrogen (secondary N) is 2. The number of thioether (sulfide) groups is 1. The van der Waals surface area contributed by atoms with Gasteiger partial charge >= 0.3 is 0 Å². The SMILES string of the molecule is CCNC(=NCCCc1nnc2n1CCCCC2)NCCSc1ccccc1. The molecule has 1 aromatic heterocycles. The van der Waals surface area contributed by atoms with Crippen LogP contribution in [-0.4, -0.2) is 46.1 Å². The summed E-state index contributed by atoms with van der Waals surface area (Å²) in [7, 11) is 0. The Morgan fingerprint density at radius 2 is 2.04 bits per heavy atom. The Labute approximate surface area is 172 Å². The van der Waals surface area contributed by atoms with E-state index in [9.17, 15) is 0 Å². The molecular weight excluding hydrogens is 368 g/mol. The van der Waals surface area contributed by atoms with Gasteiger partial charge in [0.15, 0.2) is 5.96 Å². The third-order valence-corrected chi connectivity index (χ3v) is 5.78. The lowest BCUT2D eigenvalue weighted by molar-refractivity contribution is 0.597. The highest BCUT2D eigenvalue weighted by atomic mass is 32.2. The first-order valence-corrected chi connectivity index (χ1v) is 11.5. The molecule has 0 unspecified atom stereocenters. The number of guanidine groups is 1. The monoisotopic (exact) mass is 400 g/mol. The van der Waals surface area contributed by atoms with Gasteiger partial charge in [-0.15, -0.1) is 22.0 Å². The second-order valence-corrected chi connectivity index (χ2v) is 8.12. The van der Waals surface area contributed by atoms with Crippen LogP contribution in [0.4, 0.5) is 0 Å². The zero-order valence-electron chi connectivity index (χ0n) is 16.9. The van der Waals surface area contributed by atoms with Crippen LogP contribution in [0.3, 0.4) is 0 Å². The van der Waals surface area contributed by atoms with E-state index in [-0.39, 0.29) is 0 Å². The van der Waals surface area contributed by atoms with Crippen molar-refractivity contribution < 1.29 is 0 Å². The topological polar surface area (TPSA) is 67.1 Å². The molecule has 7 heteroatoms. The van der Waals surface area contributed by atoms with Crippen LogP contribution in [0, 0.1) is 0 Å². The van der Waals surface area contributed by atoms with E-state index in [1.807, 2.05) is 11.8 Å². The van der Waals surface area contributed by atoms with E-state index in [2.05, 4.69) is 62.7 Å². The zero-order valence-corrected chi connectivity index (χ0v) is 17.7. The van der Waals surface area contributed by atoms with E-state index in [0.717, 1.165) is 63.0 Å². The molecule has 0 bridgehead atoms. The maximum absolute atomic E-state index is 4.72. The Hall–Kier alpha value is -2.02. The molecule has 1 aliphatic rings. The van der Waals surface area contributed by atoms with E-state index in [1.54, 1.807) is 0 Å². The molecular formula is C21H32N6S. The number of aliphatic imine (C=N–C) groups is 1. The first-order valence-electron chi connectivity index (χ1n) is 10.5. The van der Waals surface area contributed by atoms with E-state index < -0.39 is 0 Å². The lowest BCUT2D eigenvalue weighted by atomic mass is 10.2. The van der Waals surface area contributed by atoms with Gasteiger partial charge in [0, 0.05) is 49.7 Å². The van der Waals surface area contributed by atoms with E-state index >= 15 is 0 Å². The molecule has 0 aliphatic carbocycles. The molecule has 0 amide bonds. The highest BCUT2D eigenvalue weighted by molar-refractivity contribution is 7.99. The molecule has 2 aromatic rings. The highest BCUT2D eigenvalue weighted by Gasteiger charge is 2.13. The summed E-state index contributed by atoms with van der Waals surface area (Å²) in [6.45, 7) is 5.73. The van der Waals surface area contributed by atoms with Crippen molar-refractivity contribution in [1.82, 2.24) is 25.4 Å². The van der Waals surface area contributed by atoms with Gasteiger partial charge < -0.3 is 15.2 Å². The van der Waals surface area contributed by atoms with Crippen LogP contribution in [0.2, 0.25) is 0 Å². The summed E-state index contributed by atoms with van der Waals surface area (Å²) in [5, 5.41) is 15.6. The fourth-order valence-corrected chi connectivity index (χ4v) is 4.14. The average molecular weight is 401 g/mol. The minimum atomic E-state index is 0.795. The summed E-state index contributed by atoms with van der Waals surface area (Å²) in [5.74, 6) is 4.21. The van der Waals surface area contributed by atoms with Crippen LogP contribution in [-0.2, 0) is 19.4 Å².